The Morgan fingerprint density at radius 2 is 2.06 bits per heavy atom. The first-order chi connectivity index (χ1) is 8.53. The van der Waals surface area contributed by atoms with E-state index in [0.717, 1.165) is 24.6 Å². The Morgan fingerprint density at radius 1 is 1.28 bits per heavy atom. The van der Waals surface area contributed by atoms with E-state index < -0.39 is 0 Å². The fourth-order valence-electron chi connectivity index (χ4n) is 2.91. The number of piperazine rings is 1. The lowest BCUT2D eigenvalue weighted by Gasteiger charge is -2.44. The maximum atomic E-state index is 5.44. The zero-order valence-corrected chi connectivity index (χ0v) is 11.2. The van der Waals surface area contributed by atoms with Crippen molar-refractivity contribution < 1.29 is 9.47 Å². The average Bonchev–Trinajstić information content (AvgIpc) is 2.72. The lowest BCUT2D eigenvalue weighted by Crippen LogP contribution is -2.61. The molecule has 2 heterocycles. The van der Waals surface area contributed by atoms with E-state index in [0.29, 0.717) is 12.8 Å². The van der Waals surface area contributed by atoms with Crippen LogP contribution in [0.1, 0.15) is 20.8 Å². The summed E-state index contributed by atoms with van der Waals surface area (Å²) in [7, 11) is 0. The number of rotatable bonds is 1. The Hall–Kier alpha value is -1.42. The van der Waals surface area contributed by atoms with Crippen molar-refractivity contribution >= 4 is 5.69 Å². The lowest BCUT2D eigenvalue weighted by atomic mass is 9.98. The van der Waals surface area contributed by atoms with E-state index in [1.807, 2.05) is 6.07 Å². The smallest absolute Gasteiger partial charge is 0.231 e. The van der Waals surface area contributed by atoms with Crippen molar-refractivity contribution in [3.05, 3.63) is 18.2 Å². The number of hydrogen-bond acceptors (Lipinski definition) is 4. The van der Waals surface area contributed by atoms with Gasteiger partial charge in [-0.05, 0) is 32.9 Å². The number of hydrogen-bond donors (Lipinski definition) is 1. The van der Waals surface area contributed by atoms with E-state index >= 15 is 0 Å². The molecule has 1 unspecified atom stereocenters. The second-order valence-electron chi connectivity index (χ2n) is 5.85. The summed E-state index contributed by atoms with van der Waals surface area (Å²) in [5.74, 6) is 1.71. The molecule has 0 saturated carbocycles. The highest BCUT2D eigenvalue weighted by Crippen LogP contribution is 2.36. The van der Waals surface area contributed by atoms with Crippen molar-refractivity contribution in [2.45, 2.75) is 32.4 Å². The van der Waals surface area contributed by atoms with Gasteiger partial charge in [0.05, 0.1) is 0 Å². The number of anilines is 1. The minimum absolute atomic E-state index is 0.133. The number of ether oxygens (including phenoxy) is 2. The Bertz CT molecular complexity index is 459. The number of benzene rings is 1. The minimum Gasteiger partial charge on any atom is -0.454 e. The summed E-state index contributed by atoms with van der Waals surface area (Å²) in [4.78, 5) is 2.41. The summed E-state index contributed by atoms with van der Waals surface area (Å²) < 4.78 is 10.8. The first kappa shape index (κ1) is 11.7. The molecule has 0 bridgehead atoms. The van der Waals surface area contributed by atoms with Gasteiger partial charge < -0.3 is 19.7 Å². The van der Waals surface area contributed by atoms with Gasteiger partial charge in [0.2, 0.25) is 6.79 Å². The van der Waals surface area contributed by atoms with Gasteiger partial charge in [-0.15, -0.1) is 0 Å². The van der Waals surface area contributed by atoms with E-state index in [1.165, 1.54) is 5.69 Å². The maximum Gasteiger partial charge on any atom is 0.231 e. The van der Waals surface area contributed by atoms with Gasteiger partial charge in [0.25, 0.3) is 0 Å². The molecule has 1 saturated heterocycles. The summed E-state index contributed by atoms with van der Waals surface area (Å²) >= 11 is 0. The molecule has 2 aliphatic rings. The fourth-order valence-corrected chi connectivity index (χ4v) is 2.91. The van der Waals surface area contributed by atoms with Crippen LogP contribution in [-0.2, 0) is 0 Å². The van der Waals surface area contributed by atoms with Crippen molar-refractivity contribution in [1.82, 2.24) is 5.32 Å². The molecule has 0 amide bonds. The highest BCUT2D eigenvalue weighted by atomic mass is 16.7. The van der Waals surface area contributed by atoms with E-state index in [4.69, 9.17) is 9.47 Å². The van der Waals surface area contributed by atoms with Crippen LogP contribution in [0, 0.1) is 0 Å². The standard InChI is InChI=1S/C14H20N2O2/c1-10-7-16(8-14(2,3)15-10)11-4-5-12-13(6-11)18-9-17-12/h4-6,10,15H,7-9H2,1-3H3. The van der Waals surface area contributed by atoms with E-state index in [2.05, 4.69) is 43.1 Å². The van der Waals surface area contributed by atoms with Crippen LogP contribution in [0.2, 0.25) is 0 Å². The van der Waals surface area contributed by atoms with E-state index in [1.54, 1.807) is 0 Å². The number of fused-ring (bicyclic) bond motifs is 1. The monoisotopic (exact) mass is 248 g/mol. The van der Waals surface area contributed by atoms with Gasteiger partial charge in [0, 0.05) is 36.4 Å². The second-order valence-corrected chi connectivity index (χ2v) is 5.85. The molecular formula is C14H20N2O2. The summed E-state index contributed by atoms with van der Waals surface area (Å²) in [5, 5.41) is 3.61. The van der Waals surface area contributed by atoms with Crippen LogP contribution in [0.4, 0.5) is 5.69 Å². The molecule has 0 aromatic heterocycles. The molecule has 1 fully saturated rings. The molecule has 2 aliphatic heterocycles. The molecule has 1 atom stereocenters. The summed E-state index contributed by atoms with van der Waals surface area (Å²) in [6, 6.07) is 6.68. The quantitative estimate of drug-likeness (QED) is 0.824. The van der Waals surface area contributed by atoms with Gasteiger partial charge >= 0.3 is 0 Å². The van der Waals surface area contributed by atoms with Gasteiger partial charge in [0.1, 0.15) is 0 Å². The zero-order chi connectivity index (χ0) is 12.8. The van der Waals surface area contributed by atoms with Crippen molar-refractivity contribution in [3.8, 4) is 11.5 Å². The Kier molecular flexibility index (Phi) is 2.63. The molecule has 18 heavy (non-hydrogen) atoms. The topological polar surface area (TPSA) is 33.7 Å². The first-order valence-corrected chi connectivity index (χ1v) is 6.46. The summed E-state index contributed by atoms with van der Waals surface area (Å²) in [6.45, 7) is 9.05. The van der Waals surface area contributed by atoms with Gasteiger partial charge in [-0.3, -0.25) is 0 Å². The molecule has 1 aromatic carbocycles. The highest BCUT2D eigenvalue weighted by Gasteiger charge is 2.30. The van der Waals surface area contributed by atoms with Gasteiger partial charge in [-0.25, -0.2) is 0 Å². The van der Waals surface area contributed by atoms with E-state index in [-0.39, 0.29) is 5.54 Å². The van der Waals surface area contributed by atoms with E-state index in [9.17, 15) is 0 Å². The lowest BCUT2D eigenvalue weighted by molar-refractivity contribution is 0.174. The molecular weight excluding hydrogens is 228 g/mol. The molecule has 1 N–H and O–H groups in total. The Balaban J connectivity index is 1.86. The zero-order valence-electron chi connectivity index (χ0n) is 11.2. The molecule has 1 aromatic rings. The van der Waals surface area contributed by atoms with Crippen LogP contribution in [0.25, 0.3) is 0 Å². The third-order valence-electron chi connectivity index (χ3n) is 3.44. The molecule has 4 heteroatoms. The van der Waals surface area contributed by atoms with Crippen molar-refractivity contribution in [2.24, 2.45) is 0 Å². The maximum absolute atomic E-state index is 5.44. The molecule has 0 radical (unpaired) electrons. The number of nitrogens with one attached hydrogen (secondary N) is 1. The van der Waals surface area contributed by atoms with Crippen LogP contribution in [0.5, 0.6) is 11.5 Å². The van der Waals surface area contributed by atoms with Gasteiger partial charge in [0.15, 0.2) is 11.5 Å². The van der Waals surface area contributed by atoms with Crippen LogP contribution in [-0.4, -0.2) is 31.5 Å². The highest BCUT2D eigenvalue weighted by molar-refractivity contribution is 5.57. The second kappa shape index (κ2) is 4.05. The Morgan fingerprint density at radius 3 is 2.83 bits per heavy atom. The predicted molar refractivity (Wildman–Crippen MR) is 71.5 cm³/mol. The van der Waals surface area contributed by atoms with Crippen molar-refractivity contribution in [3.63, 3.8) is 0 Å². The minimum atomic E-state index is 0.133. The van der Waals surface area contributed by atoms with Crippen molar-refractivity contribution in [2.75, 3.05) is 24.8 Å². The van der Waals surface area contributed by atoms with Crippen LogP contribution < -0.4 is 19.7 Å². The molecule has 0 aliphatic carbocycles. The fraction of sp³-hybridized carbons (Fsp3) is 0.571. The first-order valence-electron chi connectivity index (χ1n) is 6.46. The van der Waals surface area contributed by atoms with Gasteiger partial charge in [-0.1, -0.05) is 0 Å². The SMILES string of the molecule is CC1CN(c2ccc3c(c2)OCO3)CC(C)(C)N1. The molecule has 98 valence electrons. The number of nitrogens with zero attached hydrogens (tertiary/aromatic N) is 1. The molecule has 3 rings (SSSR count). The predicted octanol–water partition coefficient (Wildman–Crippen LogP) is 1.99. The van der Waals surface area contributed by atoms with Gasteiger partial charge in [-0.2, -0.15) is 0 Å². The van der Waals surface area contributed by atoms with Crippen LogP contribution in [0.3, 0.4) is 0 Å². The Labute approximate surface area is 108 Å². The van der Waals surface area contributed by atoms with Crippen molar-refractivity contribution in [1.29, 1.82) is 0 Å². The van der Waals surface area contributed by atoms with Crippen LogP contribution in [0.15, 0.2) is 18.2 Å². The molecule has 4 nitrogen and oxygen atoms in total. The third kappa shape index (κ3) is 2.12. The van der Waals surface area contributed by atoms with Crippen LogP contribution >= 0.6 is 0 Å². The molecule has 0 spiro atoms. The summed E-state index contributed by atoms with van der Waals surface area (Å²) in [6.07, 6.45) is 0. The normalized spacial score (nSPS) is 25.3. The third-order valence-corrected chi connectivity index (χ3v) is 3.44. The average molecular weight is 248 g/mol. The largest absolute Gasteiger partial charge is 0.454 e. The summed E-state index contributed by atoms with van der Waals surface area (Å²) in [5.41, 5.74) is 1.34.